The molecule has 0 aromatic heterocycles. The summed E-state index contributed by atoms with van der Waals surface area (Å²) in [6.07, 6.45) is 0. The average molecular weight is 259 g/mol. The molecular weight excluding hydrogens is 242 g/mol. The molecule has 0 aromatic carbocycles. The third-order valence-corrected chi connectivity index (χ3v) is 1.69. The quantitative estimate of drug-likeness (QED) is 0.302. The SMILES string of the molecule is CNCC(=O)NCC(=O)NCC(=O)NCC(N)=O. The lowest BCUT2D eigenvalue weighted by molar-refractivity contribution is -0.128. The van der Waals surface area contributed by atoms with Crippen molar-refractivity contribution >= 4 is 23.6 Å². The van der Waals surface area contributed by atoms with Crippen molar-refractivity contribution in [2.45, 2.75) is 0 Å². The normalized spacial score (nSPS) is 9.39. The highest BCUT2D eigenvalue weighted by molar-refractivity contribution is 5.89. The van der Waals surface area contributed by atoms with Crippen molar-refractivity contribution in [1.82, 2.24) is 21.3 Å². The Morgan fingerprint density at radius 1 is 0.778 bits per heavy atom. The molecule has 0 atom stereocenters. The summed E-state index contributed by atoms with van der Waals surface area (Å²) in [6, 6.07) is 0. The minimum atomic E-state index is -0.672. The number of nitrogens with two attached hydrogens (primary N) is 1. The summed E-state index contributed by atoms with van der Waals surface area (Å²) < 4.78 is 0. The van der Waals surface area contributed by atoms with Crippen LogP contribution in [0.4, 0.5) is 0 Å². The minimum Gasteiger partial charge on any atom is -0.368 e. The van der Waals surface area contributed by atoms with Gasteiger partial charge in [-0.05, 0) is 7.05 Å². The third kappa shape index (κ3) is 9.09. The highest BCUT2D eigenvalue weighted by atomic mass is 16.2. The van der Waals surface area contributed by atoms with E-state index in [0.717, 1.165) is 0 Å². The topological polar surface area (TPSA) is 142 Å². The van der Waals surface area contributed by atoms with Crippen molar-refractivity contribution < 1.29 is 19.2 Å². The highest BCUT2D eigenvalue weighted by Crippen LogP contribution is 1.69. The number of hydrogen-bond acceptors (Lipinski definition) is 5. The number of rotatable bonds is 8. The van der Waals surface area contributed by atoms with Gasteiger partial charge in [-0.15, -0.1) is 0 Å². The van der Waals surface area contributed by atoms with Gasteiger partial charge in [-0.2, -0.15) is 0 Å². The van der Waals surface area contributed by atoms with Crippen LogP contribution in [0, 0.1) is 0 Å². The van der Waals surface area contributed by atoms with E-state index >= 15 is 0 Å². The minimum absolute atomic E-state index is 0.104. The monoisotopic (exact) mass is 259 g/mol. The zero-order valence-electron chi connectivity index (χ0n) is 10.0. The molecule has 0 aliphatic carbocycles. The van der Waals surface area contributed by atoms with Crippen molar-refractivity contribution in [2.75, 3.05) is 33.2 Å². The summed E-state index contributed by atoms with van der Waals surface area (Å²) in [5.41, 5.74) is 4.81. The van der Waals surface area contributed by atoms with Crippen molar-refractivity contribution in [3.05, 3.63) is 0 Å². The van der Waals surface area contributed by atoms with Crippen LogP contribution >= 0.6 is 0 Å². The van der Waals surface area contributed by atoms with Gasteiger partial charge < -0.3 is 27.0 Å². The summed E-state index contributed by atoms with van der Waals surface area (Å²) in [5.74, 6) is -2.04. The Balaban J connectivity index is 3.67. The number of carbonyl (C=O) groups is 4. The second-order valence-corrected chi connectivity index (χ2v) is 3.33. The molecule has 0 spiro atoms. The van der Waals surface area contributed by atoms with E-state index in [4.69, 9.17) is 5.73 Å². The van der Waals surface area contributed by atoms with Gasteiger partial charge >= 0.3 is 0 Å². The van der Waals surface area contributed by atoms with Crippen molar-refractivity contribution in [3.63, 3.8) is 0 Å². The summed E-state index contributed by atoms with van der Waals surface area (Å²) in [4.78, 5) is 43.6. The Morgan fingerprint density at radius 3 is 1.56 bits per heavy atom. The molecule has 9 nitrogen and oxygen atoms in total. The Kier molecular flexibility index (Phi) is 7.86. The van der Waals surface area contributed by atoms with Crippen LogP contribution in [0.3, 0.4) is 0 Å². The molecule has 0 unspecified atom stereocenters. The van der Waals surface area contributed by atoms with Gasteiger partial charge in [-0.25, -0.2) is 0 Å². The third-order valence-electron chi connectivity index (χ3n) is 1.69. The molecule has 0 aliphatic heterocycles. The van der Waals surface area contributed by atoms with Crippen LogP contribution in [0.1, 0.15) is 0 Å². The fourth-order valence-electron chi connectivity index (χ4n) is 0.891. The summed E-state index contributed by atoms with van der Waals surface area (Å²) in [5, 5.41) is 9.42. The number of primary amides is 1. The van der Waals surface area contributed by atoms with Gasteiger partial charge in [0.2, 0.25) is 23.6 Å². The van der Waals surface area contributed by atoms with E-state index in [2.05, 4.69) is 21.3 Å². The zero-order chi connectivity index (χ0) is 14.0. The molecule has 0 rings (SSSR count). The van der Waals surface area contributed by atoms with Crippen LogP contribution in [0.25, 0.3) is 0 Å². The fourth-order valence-corrected chi connectivity index (χ4v) is 0.891. The predicted octanol–water partition coefficient (Wildman–Crippen LogP) is -3.96. The lowest BCUT2D eigenvalue weighted by Crippen LogP contribution is -2.44. The fraction of sp³-hybridized carbons (Fsp3) is 0.556. The number of amides is 4. The molecule has 0 saturated carbocycles. The van der Waals surface area contributed by atoms with E-state index in [1.54, 1.807) is 7.05 Å². The van der Waals surface area contributed by atoms with Gasteiger partial charge in [0.05, 0.1) is 26.2 Å². The molecule has 18 heavy (non-hydrogen) atoms. The van der Waals surface area contributed by atoms with E-state index in [9.17, 15) is 19.2 Å². The first kappa shape index (κ1) is 15.8. The number of carbonyl (C=O) groups excluding carboxylic acids is 4. The number of hydrogen-bond donors (Lipinski definition) is 5. The molecule has 4 amide bonds. The van der Waals surface area contributed by atoms with E-state index in [1.807, 2.05) is 0 Å². The summed E-state index contributed by atoms with van der Waals surface area (Å²) >= 11 is 0. The number of nitrogens with one attached hydrogen (secondary N) is 4. The maximum absolute atomic E-state index is 11.2. The van der Waals surface area contributed by atoms with Crippen LogP contribution in [0.2, 0.25) is 0 Å². The standard InChI is InChI=1S/C9H17N5O4/c1-11-3-7(16)13-5-9(18)14-4-8(17)12-2-6(10)15/h11H,2-5H2,1H3,(H2,10,15)(H,12,17)(H,13,16)(H,14,18). The average Bonchev–Trinajstić information content (AvgIpc) is 2.31. The Morgan fingerprint density at radius 2 is 1.17 bits per heavy atom. The molecule has 0 heterocycles. The molecule has 9 heteroatoms. The van der Waals surface area contributed by atoms with Crippen LogP contribution in [-0.4, -0.2) is 56.9 Å². The Labute approximate surface area is 104 Å². The van der Waals surface area contributed by atoms with Gasteiger partial charge in [-0.3, -0.25) is 19.2 Å². The first-order chi connectivity index (χ1) is 8.45. The second kappa shape index (κ2) is 8.93. The van der Waals surface area contributed by atoms with Crippen LogP contribution in [-0.2, 0) is 19.2 Å². The molecule has 102 valence electrons. The first-order valence-corrected chi connectivity index (χ1v) is 5.18. The van der Waals surface area contributed by atoms with Gasteiger partial charge in [0, 0.05) is 0 Å². The maximum Gasteiger partial charge on any atom is 0.239 e. The summed E-state index contributed by atoms with van der Waals surface area (Å²) in [6.45, 7) is -0.683. The predicted molar refractivity (Wildman–Crippen MR) is 62.2 cm³/mol. The van der Waals surface area contributed by atoms with Crippen LogP contribution in [0.15, 0.2) is 0 Å². The first-order valence-electron chi connectivity index (χ1n) is 5.18. The lowest BCUT2D eigenvalue weighted by atomic mass is 10.4. The van der Waals surface area contributed by atoms with E-state index in [0.29, 0.717) is 0 Å². The molecule has 0 bridgehead atoms. The van der Waals surface area contributed by atoms with E-state index in [1.165, 1.54) is 0 Å². The van der Waals surface area contributed by atoms with Crippen molar-refractivity contribution in [3.8, 4) is 0 Å². The van der Waals surface area contributed by atoms with Crippen molar-refractivity contribution in [2.24, 2.45) is 5.73 Å². The zero-order valence-corrected chi connectivity index (χ0v) is 10.0. The summed E-state index contributed by atoms with van der Waals surface area (Å²) in [7, 11) is 1.60. The number of likely N-dealkylation sites (N-methyl/N-ethyl adjacent to an activating group) is 1. The molecule has 0 radical (unpaired) electrons. The lowest BCUT2D eigenvalue weighted by Gasteiger charge is -2.06. The second-order valence-electron chi connectivity index (χ2n) is 3.33. The van der Waals surface area contributed by atoms with Crippen LogP contribution in [0.5, 0.6) is 0 Å². The van der Waals surface area contributed by atoms with Gasteiger partial charge in [0.25, 0.3) is 0 Å². The largest absolute Gasteiger partial charge is 0.368 e. The molecule has 0 saturated heterocycles. The molecule has 6 N–H and O–H groups in total. The molecule has 0 aromatic rings. The van der Waals surface area contributed by atoms with Gasteiger partial charge in [-0.1, -0.05) is 0 Å². The van der Waals surface area contributed by atoms with E-state index < -0.39 is 17.7 Å². The smallest absolute Gasteiger partial charge is 0.239 e. The van der Waals surface area contributed by atoms with Crippen molar-refractivity contribution in [1.29, 1.82) is 0 Å². The molecular formula is C9H17N5O4. The highest BCUT2D eigenvalue weighted by Gasteiger charge is 2.07. The maximum atomic E-state index is 11.2. The van der Waals surface area contributed by atoms with Gasteiger partial charge in [0.1, 0.15) is 0 Å². The van der Waals surface area contributed by atoms with E-state index in [-0.39, 0.29) is 32.1 Å². The van der Waals surface area contributed by atoms with Gasteiger partial charge in [0.15, 0.2) is 0 Å². The molecule has 0 aliphatic rings. The Bertz CT molecular complexity index is 331. The Hall–Kier alpha value is -2.16. The van der Waals surface area contributed by atoms with Crippen LogP contribution < -0.4 is 27.0 Å². The molecule has 0 fully saturated rings.